The van der Waals surface area contributed by atoms with Crippen LogP contribution in [0.1, 0.15) is 13.8 Å². The summed E-state index contributed by atoms with van der Waals surface area (Å²) >= 11 is 10.7. The zero-order valence-electron chi connectivity index (χ0n) is 6.10. The van der Waals surface area contributed by atoms with Gasteiger partial charge in [-0.3, -0.25) is 0 Å². The van der Waals surface area contributed by atoms with Crippen molar-refractivity contribution in [1.29, 1.82) is 0 Å². The van der Waals surface area contributed by atoms with Crippen LogP contribution in [0.25, 0.3) is 0 Å². The monoisotopic (exact) mass is 200 g/mol. The molecule has 0 N–H and O–H groups in total. The number of hydrogen-bond donors (Lipinski definition) is 0. The number of halogens is 2. The first-order chi connectivity index (χ1) is 4.54. The van der Waals surface area contributed by atoms with Gasteiger partial charge in [-0.15, -0.1) is 0 Å². The van der Waals surface area contributed by atoms with E-state index in [1.54, 1.807) is 0 Å². The Morgan fingerprint density at radius 2 is 1.80 bits per heavy atom. The fourth-order valence-corrected chi connectivity index (χ4v) is 2.82. The summed E-state index contributed by atoms with van der Waals surface area (Å²) in [6.07, 6.45) is 1.26. The molecule has 0 aliphatic carbocycles. The topological polar surface area (TPSA) is 17.1 Å². The van der Waals surface area contributed by atoms with Gasteiger partial charge in [-0.05, 0) is 0 Å². The van der Waals surface area contributed by atoms with Crippen LogP contribution in [0.15, 0.2) is 10.3 Å². The highest BCUT2D eigenvalue weighted by Gasteiger charge is 2.13. The average Bonchev–Trinajstić information content (AvgIpc) is 1.87. The molecule has 1 nitrogen and oxygen atoms in total. The predicted molar refractivity (Wildman–Crippen MR) is 48.5 cm³/mol. The Morgan fingerprint density at radius 3 is 1.90 bits per heavy atom. The molecule has 10 heavy (non-hydrogen) atoms. The summed E-state index contributed by atoms with van der Waals surface area (Å²) in [4.78, 5) is 0. The largest absolute Gasteiger partial charge is 0.319 e. The lowest BCUT2D eigenvalue weighted by atomic mass is 11.0. The Hall–Kier alpha value is 0.550. The first-order valence-corrected chi connectivity index (χ1v) is 6.06. The summed E-state index contributed by atoms with van der Waals surface area (Å²) in [5, 5.41) is 0. The maximum absolute atomic E-state index is 11.5. The molecule has 0 aliphatic rings. The molecule has 0 aliphatic heterocycles. The average molecular weight is 201 g/mol. The van der Waals surface area contributed by atoms with Gasteiger partial charge in [-0.25, -0.2) is 0 Å². The molecule has 0 atom stereocenters. The van der Waals surface area contributed by atoms with Crippen molar-refractivity contribution in [2.24, 2.45) is 0 Å². The highest BCUT2D eigenvalue weighted by molar-refractivity contribution is 7.67. The molecular formula is C6H11Cl2OP. The van der Waals surface area contributed by atoms with Crippen molar-refractivity contribution < 1.29 is 4.57 Å². The van der Waals surface area contributed by atoms with E-state index >= 15 is 0 Å². The molecule has 60 valence electrons. The van der Waals surface area contributed by atoms with Gasteiger partial charge >= 0.3 is 0 Å². The van der Waals surface area contributed by atoms with E-state index in [4.69, 9.17) is 23.2 Å². The molecule has 0 aromatic carbocycles. The van der Waals surface area contributed by atoms with Gasteiger partial charge in [-0.1, -0.05) is 37.0 Å². The van der Waals surface area contributed by atoms with E-state index in [0.29, 0.717) is 12.3 Å². The van der Waals surface area contributed by atoms with Crippen LogP contribution in [0.3, 0.4) is 0 Å². The molecular weight excluding hydrogens is 190 g/mol. The lowest BCUT2D eigenvalue weighted by Gasteiger charge is -2.06. The molecule has 0 amide bonds. The third kappa shape index (κ3) is 3.65. The quantitative estimate of drug-likeness (QED) is 0.636. The summed E-state index contributed by atoms with van der Waals surface area (Å²) in [5.74, 6) is 1.47. The van der Waals surface area contributed by atoms with Crippen LogP contribution in [0, 0.1) is 0 Å². The van der Waals surface area contributed by atoms with Crippen LogP contribution >= 0.6 is 30.3 Å². The van der Waals surface area contributed by atoms with Gasteiger partial charge in [0, 0.05) is 18.1 Å². The SMILES string of the molecule is CCP(=O)(C=C(Cl)Cl)CC. The summed E-state index contributed by atoms with van der Waals surface area (Å²) in [6.45, 7) is 3.75. The van der Waals surface area contributed by atoms with E-state index in [1.807, 2.05) is 13.8 Å². The number of rotatable bonds is 3. The molecule has 0 aromatic heterocycles. The molecule has 0 radical (unpaired) electrons. The fourth-order valence-electron chi connectivity index (χ4n) is 0.584. The molecule has 0 fully saturated rings. The van der Waals surface area contributed by atoms with Crippen LogP contribution in [-0.2, 0) is 4.57 Å². The normalized spacial score (nSPS) is 11.2. The summed E-state index contributed by atoms with van der Waals surface area (Å²) in [5.41, 5.74) is 0. The number of hydrogen-bond acceptors (Lipinski definition) is 1. The molecule has 0 aromatic rings. The van der Waals surface area contributed by atoms with E-state index in [9.17, 15) is 4.57 Å². The highest BCUT2D eigenvalue weighted by Crippen LogP contribution is 2.48. The van der Waals surface area contributed by atoms with Gasteiger partial charge in [0.25, 0.3) is 0 Å². The Bertz CT molecular complexity index is 165. The van der Waals surface area contributed by atoms with Crippen molar-refractivity contribution in [3.05, 3.63) is 10.3 Å². The van der Waals surface area contributed by atoms with Gasteiger partial charge in [-0.2, -0.15) is 0 Å². The smallest absolute Gasteiger partial charge is 0.110 e. The summed E-state index contributed by atoms with van der Waals surface area (Å²) in [7, 11) is -2.16. The lowest BCUT2D eigenvalue weighted by molar-refractivity contribution is 0.582. The standard InChI is InChI=1S/C6H11Cl2OP/c1-3-10(9,4-2)5-6(7)8/h5H,3-4H2,1-2H3. The van der Waals surface area contributed by atoms with E-state index in [0.717, 1.165) is 0 Å². The Kier molecular flexibility index (Phi) is 4.68. The van der Waals surface area contributed by atoms with Crippen LogP contribution in [0.2, 0.25) is 0 Å². The van der Waals surface area contributed by atoms with Crippen molar-refractivity contribution in [1.82, 2.24) is 0 Å². The maximum atomic E-state index is 11.5. The molecule has 0 bridgehead atoms. The molecule has 0 saturated heterocycles. The molecule has 0 spiro atoms. The van der Waals surface area contributed by atoms with E-state index in [1.165, 1.54) is 5.82 Å². The predicted octanol–water partition coefficient (Wildman–Crippen LogP) is 3.67. The zero-order valence-corrected chi connectivity index (χ0v) is 8.51. The van der Waals surface area contributed by atoms with Gasteiger partial charge in [0.15, 0.2) is 0 Å². The Balaban J connectivity index is 4.37. The molecule has 0 unspecified atom stereocenters. The minimum atomic E-state index is -2.16. The second-order valence-corrected chi connectivity index (χ2v) is 6.44. The molecule has 4 heteroatoms. The Morgan fingerprint density at radius 1 is 1.40 bits per heavy atom. The van der Waals surface area contributed by atoms with Crippen LogP contribution < -0.4 is 0 Å². The van der Waals surface area contributed by atoms with Crippen molar-refractivity contribution in [3.8, 4) is 0 Å². The third-order valence-electron chi connectivity index (χ3n) is 1.40. The van der Waals surface area contributed by atoms with Crippen molar-refractivity contribution in [3.63, 3.8) is 0 Å². The highest BCUT2D eigenvalue weighted by atomic mass is 35.5. The van der Waals surface area contributed by atoms with Crippen LogP contribution in [0.4, 0.5) is 0 Å². The second-order valence-electron chi connectivity index (χ2n) is 2.00. The lowest BCUT2D eigenvalue weighted by Crippen LogP contribution is -1.84. The van der Waals surface area contributed by atoms with Gasteiger partial charge in [0.2, 0.25) is 0 Å². The second kappa shape index (κ2) is 4.43. The van der Waals surface area contributed by atoms with Gasteiger partial charge in [0.05, 0.1) is 0 Å². The van der Waals surface area contributed by atoms with E-state index < -0.39 is 7.14 Å². The fraction of sp³-hybridized carbons (Fsp3) is 0.667. The minimum Gasteiger partial charge on any atom is -0.319 e. The van der Waals surface area contributed by atoms with Gasteiger partial charge < -0.3 is 4.57 Å². The van der Waals surface area contributed by atoms with Crippen LogP contribution in [-0.4, -0.2) is 12.3 Å². The molecule has 0 rings (SSSR count). The Labute approximate surface area is 71.8 Å². The summed E-state index contributed by atoms with van der Waals surface area (Å²) < 4.78 is 11.6. The first-order valence-electron chi connectivity index (χ1n) is 3.15. The van der Waals surface area contributed by atoms with Crippen LogP contribution in [0.5, 0.6) is 0 Å². The van der Waals surface area contributed by atoms with Crippen molar-refractivity contribution in [2.45, 2.75) is 13.8 Å². The minimum absolute atomic E-state index is 0.118. The first kappa shape index (κ1) is 10.6. The molecule has 0 heterocycles. The van der Waals surface area contributed by atoms with E-state index in [-0.39, 0.29) is 4.49 Å². The van der Waals surface area contributed by atoms with Crippen molar-refractivity contribution in [2.75, 3.05) is 12.3 Å². The van der Waals surface area contributed by atoms with E-state index in [2.05, 4.69) is 0 Å². The van der Waals surface area contributed by atoms with Crippen molar-refractivity contribution >= 4 is 30.3 Å². The summed E-state index contributed by atoms with van der Waals surface area (Å²) in [6, 6.07) is 0. The molecule has 0 saturated carbocycles. The van der Waals surface area contributed by atoms with Gasteiger partial charge in [0.1, 0.15) is 11.6 Å². The maximum Gasteiger partial charge on any atom is 0.110 e. The third-order valence-corrected chi connectivity index (χ3v) is 4.80. The zero-order chi connectivity index (χ0) is 8.20.